The predicted octanol–water partition coefficient (Wildman–Crippen LogP) is 1.32. The fraction of sp³-hybridized carbons (Fsp3) is 0.636. The van der Waals surface area contributed by atoms with E-state index >= 15 is 0 Å². The van der Waals surface area contributed by atoms with Gasteiger partial charge >= 0.3 is 7.12 Å². The second kappa shape index (κ2) is 4.15. The molecule has 0 amide bonds. The van der Waals surface area contributed by atoms with Gasteiger partial charge in [-0.2, -0.15) is 0 Å². The van der Waals surface area contributed by atoms with Crippen molar-refractivity contribution in [2.24, 2.45) is 11.5 Å². The third-order valence-corrected chi connectivity index (χ3v) is 3.11. The van der Waals surface area contributed by atoms with Crippen LogP contribution in [0.3, 0.4) is 0 Å². The van der Waals surface area contributed by atoms with Gasteiger partial charge < -0.3 is 20.8 Å². The summed E-state index contributed by atoms with van der Waals surface area (Å²) in [4.78, 5) is 0. The van der Waals surface area contributed by atoms with Crippen LogP contribution in [0, 0.1) is 0 Å². The zero-order valence-corrected chi connectivity index (χ0v) is 10.7. The lowest BCUT2D eigenvalue weighted by atomic mass is 9.78. The normalized spacial score (nSPS) is 24.9. The van der Waals surface area contributed by atoms with Gasteiger partial charge in [-0.3, -0.25) is 0 Å². The van der Waals surface area contributed by atoms with Crippen molar-refractivity contribution in [2.45, 2.75) is 45.8 Å². The van der Waals surface area contributed by atoms with Gasteiger partial charge in [0.1, 0.15) is 0 Å². The summed E-state index contributed by atoms with van der Waals surface area (Å²) >= 11 is 0. The molecule has 16 heavy (non-hydrogen) atoms. The Kier molecular flexibility index (Phi) is 3.40. The van der Waals surface area contributed by atoms with E-state index in [1.165, 1.54) is 6.20 Å². The first-order valence-electron chi connectivity index (χ1n) is 5.41. The minimum absolute atomic E-state index is 0.359. The molecular formula is C11H21BN2O2. The second-order valence-corrected chi connectivity index (χ2v) is 5.14. The number of rotatable bonds is 2. The third kappa shape index (κ3) is 2.41. The topological polar surface area (TPSA) is 70.5 Å². The van der Waals surface area contributed by atoms with E-state index in [0.717, 1.165) is 5.47 Å². The molecule has 0 bridgehead atoms. The Morgan fingerprint density at radius 3 is 1.88 bits per heavy atom. The Bertz CT molecular complexity index is 315. The van der Waals surface area contributed by atoms with Crippen molar-refractivity contribution >= 4 is 7.12 Å². The van der Waals surface area contributed by atoms with E-state index in [4.69, 9.17) is 20.8 Å². The molecule has 1 aliphatic heterocycles. The fourth-order valence-electron chi connectivity index (χ4n) is 1.44. The van der Waals surface area contributed by atoms with E-state index in [1.54, 1.807) is 13.0 Å². The summed E-state index contributed by atoms with van der Waals surface area (Å²) in [5.74, 6) is 0. The molecule has 0 aromatic heterocycles. The zero-order valence-electron chi connectivity index (χ0n) is 10.7. The molecule has 0 radical (unpaired) electrons. The van der Waals surface area contributed by atoms with Crippen LogP contribution in [-0.2, 0) is 9.31 Å². The molecule has 0 aromatic carbocycles. The van der Waals surface area contributed by atoms with E-state index in [2.05, 4.69) is 0 Å². The van der Waals surface area contributed by atoms with Crippen molar-refractivity contribution in [3.8, 4) is 0 Å². The molecule has 1 aliphatic rings. The SMILES string of the molecule is C/C(N)=C/C(=C\N)B1OC(C)(C)C(C)(C)O1. The maximum absolute atomic E-state index is 5.85. The molecule has 1 fully saturated rings. The number of allylic oxidation sites excluding steroid dienone is 3. The molecule has 1 heterocycles. The second-order valence-electron chi connectivity index (χ2n) is 5.14. The van der Waals surface area contributed by atoms with E-state index in [-0.39, 0.29) is 11.2 Å². The predicted molar refractivity (Wildman–Crippen MR) is 66.3 cm³/mol. The smallest absolute Gasteiger partial charge is 0.405 e. The Labute approximate surface area is 97.8 Å². The van der Waals surface area contributed by atoms with E-state index < -0.39 is 7.12 Å². The van der Waals surface area contributed by atoms with Gasteiger partial charge in [-0.15, -0.1) is 0 Å². The van der Waals surface area contributed by atoms with Crippen LogP contribution in [0.2, 0.25) is 0 Å². The van der Waals surface area contributed by atoms with Crippen LogP contribution in [0.15, 0.2) is 23.4 Å². The van der Waals surface area contributed by atoms with Crippen molar-refractivity contribution in [1.29, 1.82) is 0 Å². The van der Waals surface area contributed by atoms with Gasteiger partial charge in [-0.1, -0.05) is 0 Å². The maximum Gasteiger partial charge on any atom is 0.496 e. The van der Waals surface area contributed by atoms with E-state index in [1.807, 2.05) is 27.7 Å². The van der Waals surface area contributed by atoms with Gasteiger partial charge in [0.25, 0.3) is 0 Å². The molecule has 5 heteroatoms. The summed E-state index contributed by atoms with van der Waals surface area (Å²) in [6.45, 7) is 9.80. The lowest BCUT2D eigenvalue weighted by molar-refractivity contribution is 0.00578. The first-order chi connectivity index (χ1) is 7.19. The van der Waals surface area contributed by atoms with Gasteiger partial charge in [0, 0.05) is 5.70 Å². The number of hydrogen-bond donors (Lipinski definition) is 2. The molecule has 0 unspecified atom stereocenters. The zero-order chi connectivity index (χ0) is 12.6. The average molecular weight is 224 g/mol. The van der Waals surface area contributed by atoms with Crippen LogP contribution >= 0.6 is 0 Å². The summed E-state index contributed by atoms with van der Waals surface area (Å²) in [5, 5.41) is 0. The van der Waals surface area contributed by atoms with Crippen LogP contribution < -0.4 is 11.5 Å². The lowest BCUT2D eigenvalue weighted by Gasteiger charge is -2.32. The van der Waals surface area contributed by atoms with Crippen molar-refractivity contribution in [3.63, 3.8) is 0 Å². The number of nitrogens with two attached hydrogens (primary N) is 2. The third-order valence-electron chi connectivity index (χ3n) is 3.11. The van der Waals surface area contributed by atoms with Crippen LogP contribution in [0.5, 0.6) is 0 Å². The molecule has 4 nitrogen and oxygen atoms in total. The monoisotopic (exact) mass is 224 g/mol. The summed E-state index contributed by atoms with van der Waals surface area (Å²) in [6, 6.07) is 0. The highest BCUT2D eigenvalue weighted by atomic mass is 16.7. The van der Waals surface area contributed by atoms with Gasteiger partial charge in [0.15, 0.2) is 0 Å². The molecule has 1 saturated heterocycles. The maximum atomic E-state index is 5.85. The quantitative estimate of drug-likeness (QED) is 0.548. The molecular weight excluding hydrogens is 203 g/mol. The minimum atomic E-state index is -0.450. The molecule has 0 saturated carbocycles. The Morgan fingerprint density at radius 1 is 1.12 bits per heavy atom. The number of hydrogen-bond acceptors (Lipinski definition) is 4. The van der Waals surface area contributed by atoms with E-state index in [0.29, 0.717) is 5.70 Å². The van der Waals surface area contributed by atoms with Crippen LogP contribution in [0.1, 0.15) is 34.6 Å². The molecule has 90 valence electrons. The molecule has 0 atom stereocenters. The highest BCUT2D eigenvalue weighted by Gasteiger charge is 2.52. The Morgan fingerprint density at radius 2 is 1.56 bits per heavy atom. The highest BCUT2D eigenvalue weighted by molar-refractivity contribution is 6.55. The van der Waals surface area contributed by atoms with Crippen LogP contribution in [0.4, 0.5) is 0 Å². The van der Waals surface area contributed by atoms with Crippen molar-refractivity contribution < 1.29 is 9.31 Å². The van der Waals surface area contributed by atoms with Gasteiger partial charge in [0.2, 0.25) is 0 Å². The van der Waals surface area contributed by atoms with Crippen molar-refractivity contribution in [3.05, 3.63) is 23.4 Å². The summed E-state index contributed by atoms with van der Waals surface area (Å²) in [5.41, 5.74) is 11.9. The largest absolute Gasteiger partial charge is 0.496 e. The molecule has 0 aliphatic carbocycles. The summed E-state index contributed by atoms with van der Waals surface area (Å²) < 4.78 is 11.7. The molecule has 1 rings (SSSR count). The molecule has 0 aromatic rings. The van der Waals surface area contributed by atoms with Crippen molar-refractivity contribution in [2.75, 3.05) is 0 Å². The minimum Gasteiger partial charge on any atom is -0.405 e. The van der Waals surface area contributed by atoms with Gasteiger partial charge in [0.05, 0.1) is 11.2 Å². The van der Waals surface area contributed by atoms with Crippen LogP contribution in [-0.4, -0.2) is 18.3 Å². The molecule has 0 spiro atoms. The molecule has 4 N–H and O–H groups in total. The van der Waals surface area contributed by atoms with Gasteiger partial charge in [-0.05, 0) is 52.4 Å². The van der Waals surface area contributed by atoms with Crippen molar-refractivity contribution in [1.82, 2.24) is 0 Å². The first kappa shape index (κ1) is 13.1. The van der Waals surface area contributed by atoms with Crippen LogP contribution in [0.25, 0.3) is 0 Å². The standard InChI is InChI=1S/C11H21BN2O2/c1-8(14)6-9(7-13)12-15-10(2,3)11(4,5)16-12/h6-7H,13-14H2,1-5H3/b8-6-,9-7+. The average Bonchev–Trinajstić information content (AvgIpc) is 2.31. The Hall–Kier alpha value is -0.935. The summed E-state index contributed by atoms with van der Waals surface area (Å²) in [7, 11) is -0.450. The highest BCUT2D eigenvalue weighted by Crippen LogP contribution is 2.38. The first-order valence-corrected chi connectivity index (χ1v) is 5.41. The summed E-state index contributed by atoms with van der Waals surface area (Å²) in [6.07, 6.45) is 3.24. The van der Waals surface area contributed by atoms with E-state index in [9.17, 15) is 0 Å². The fourth-order valence-corrected chi connectivity index (χ4v) is 1.44. The van der Waals surface area contributed by atoms with Gasteiger partial charge in [-0.25, -0.2) is 0 Å². The Balaban J connectivity index is 2.91. The lowest BCUT2D eigenvalue weighted by Crippen LogP contribution is -2.41.